The van der Waals surface area contributed by atoms with Gasteiger partial charge in [0.15, 0.2) is 4.32 Å². The van der Waals surface area contributed by atoms with E-state index in [0.717, 1.165) is 25.9 Å². The van der Waals surface area contributed by atoms with Crippen molar-refractivity contribution < 1.29 is 9.53 Å². The number of hydrogen-bond donors (Lipinski definition) is 0. The molecule has 7 heteroatoms. The third-order valence-electron chi connectivity index (χ3n) is 3.42. The Morgan fingerprint density at radius 2 is 1.84 bits per heavy atom. The topological polar surface area (TPSA) is 29.5 Å². The van der Waals surface area contributed by atoms with Crippen molar-refractivity contribution in [3.8, 4) is 5.75 Å². The van der Waals surface area contributed by atoms with Crippen LogP contribution in [0.25, 0.3) is 6.08 Å². The molecule has 3 nitrogen and oxygen atoms in total. The molecule has 0 atom stereocenters. The van der Waals surface area contributed by atoms with Gasteiger partial charge in [-0.2, -0.15) is 0 Å². The summed E-state index contributed by atoms with van der Waals surface area (Å²) < 4.78 is 7.78. The highest BCUT2D eigenvalue weighted by Crippen LogP contribution is 2.39. The Kier molecular flexibility index (Phi) is 5.99. The zero-order valence-electron chi connectivity index (χ0n) is 13.2. The van der Waals surface area contributed by atoms with Crippen LogP contribution >= 0.6 is 55.8 Å². The smallest absolute Gasteiger partial charge is 0.270 e. The minimum atomic E-state index is -0.109. The monoisotopic (exact) mass is 497 g/mol. The van der Waals surface area contributed by atoms with Gasteiger partial charge in [-0.1, -0.05) is 42.2 Å². The van der Waals surface area contributed by atoms with Crippen LogP contribution in [-0.2, 0) is 4.79 Å². The van der Waals surface area contributed by atoms with E-state index in [1.54, 1.807) is 4.90 Å². The van der Waals surface area contributed by atoms with Crippen LogP contribution in [0.15, 0.2) is 56.3 Å². The van der Waals surface area contributed by atoms with Gasteiger partial charge in [-0.25, -0.2) is 0 Å². The second kappa shape index (κ2) is 8.03. The Labute approximate surface area is 172 Å². The van der Waals surface area contributed by atoms with E-state index in [1.165, 1.54) is 11.8 Å². The van der Waals surface area contributed by atoms with Crippen molar-refractivity contribution in [1.29, 1.82) is 0 Å². The Balaban J connectivity index is 1.93. The highest BCUT2D eigenvalue weighted by Gasteiger charge is 2.33. The first-order chi connectivity index (χ1) is 12.0. The van der Waals surface area contributed by atoms with E-state index in [2.05, 4.69) is 31.9 Å². The molecule has 0 aromatic heterocycles. The third kappa shape index (κ3) is 4.00. The van der Waals surface area contributed by atoms with E-state index in [1.807, 2.05) is 55.5 Å². The molecule has 2 aromatic rings. The summed E-state index contributed by atoms with van der Waals surface area (Å²) in [5.74, 6) is 0.638. The second-order valence-corrected chi connectivity index (χ2v) is 8.48. The first-order valence-electron chi connectivity index (χ1n) is 7.46. The quantitative estimate of drug-likeness (QED) is 0.381. The van der Waals surface area contributed by atoms with Gasteiger partial charge in [0.2, 0.25) is 0 Å². The SMILES string of the molecule is CCOc1c(Br)cc(/C=C2\SC(=S)N(c3ccccc3)C2=O)cc1Br. The third-order valence-corrected chi connectivity index (χ3v) is 5.90. The molecule has 1 heterocycles. The lowest BCUT2D eigenvalue weighted by Gasteiger charge is -2.13. The summed E-state index contributed by atoms with van der Waals surface area (Å²) in [6, 6.07) is 13.3. The van der Waals surface area contributed by atoms with Gasteiger partial charge in [-0.05, 0) is 74.7 Å². The van der Waals surface area contributed by atoms with Gasteiger partial charge < -0.3 is 4.74 Å². The Morgan fingerprint density at radius 3 is 2.44 bits per heavy atom. The number of nitrogens with zero attached hydrogens (tertiary/aromatic N) is 1. The molecule has 0 N–H and O–H groups in total. The maximum atomic E-state index is 12.8. The number of para-hydroxylation sites is 1. The van der Waals surface area contributed by atoms with E-state index in [-0.39, 0.29) is 5.91 Å². The minimum absolute atomic E-state index is 0.109. The van der Waals surface area contributed by atoms with E-state index in [9.17, 15) is 4.79 Å². The van der Waals surface area contributed by atoms with Crippen molar-refractivity contribution in [2.24, 2.45) is 0 Å². The molecule has 2 aromatic carbocycles. The van der Waals surface area contributed by atoms with E-state index in [0.29, 0.717) is 15.8 Å². The molecule has 1 amide bonds. The maximum Gasteiger partial charge on any atom is 0.270 e. The summed E-state index contributed by atoms with van der Waals surface area (Å²) in [4.78, 5) is 14.9. The van der Waals surface area contributed by atoms with Gasteiger partial charge in [0.05, 0.1) is 26.1 Å². The number of hydrogen-bond acceptors (Lipinski definition) is 4. The molecule has 0 radical (unpaired) electrons. The predicted molar refractivity (Wildman–Crippen MR) is 115 cm³/mol. The van der Waals surface area contributed by atoms with Crippen molar-refractivity contribution >= 4 is 77.8 Å². The molecule has 25 heavy (non-hydrogen) atoms. The van der Waals surface area contributed by atoms with Crippen LogP contribution in [0, 0.1) is 0 Å². The van der Waals surface area contributed by atoms with Crippen molar-refractivity contribution in [2.45, 2.75) is 6.92 Å². The van der Waals surface area contributed by atoms with Crippen LogP contribution in [0.5, 0.6) is 5.75 Å². The average molecular weight is 499 g/mol. The summed E-state index contributed by atoms with van der Waals surface area (Å²) in [6.45, 7) is 2.51. The molecule has 0 saturated carbocycles. The zero-order chi connectivity index (χ0) is 18.0. The number of amides is 1. The van der Waals surface area contributed by atoms with Gasteiger partial charge in [-0.15, -0.1) is 0 Å². The lowest BCUT2D eigenvalue weighted by Crippen LogP contribution is -2.27. The molecule has 3 rings (SSSR count). The summed E-state index contributed by atoms with van der Waals surface area (Å²) in [6.07, 6.45) is 1.84. The Morgan fingerprint density at radius 1 is 1.20 bits per heavy atom. The Bertz CT molecular complexity index is 846. The molecule has 1 fully saturated rings. The highest BCUT2D eigenvalue weighted by molar-refractivity contribution is 9.11. The lowest BCUT2D eigenvalue weighted by atomic mass is 10.2. The highest BCUT2D eigenvalue weighted by atomic mass is 79.9. The van der Waals surface area contributed by atoms with Gasteiger partial charge >= 0.3 is 0 Å². The first-order valence-corrected chi connectivity index (χ1v) is 10.3. The van der Waals surface area contributed by atoms with Crippen LogP contribution in [0.2, 0.25) is 0 Å². The standard InChI is InChI=1S/C18H13Br2NO2S2/c1-2-23-16-13(19)8-11(9-14(16)20)10-15-17(22)21(18(24)25-15)12-6-4-3-5-7-12/h3-10H,2H2,1H3/b15-10-. The van der Waals surface area contributed by atoms with Gasteiger partial charge in [0.25, 0.3) is 5.91 Å². The zero-order valence-corrected chi connectivity index (χ0v) is 18.0. The fraction of sp³-hybridized carbons (Fsp3) is 0.111. The van der Waals surface area contributed by atoms with Crippen LogP contribution in [0.3, 0.4) is 0 Å². The predicted octanol–water partition coefficient (Wildman–Crippen LogP) is 6.02. The van der Waals surface area contributed by atoms with Gasteiger partial charge in [0.1, 0.15) is 5.75 Å². The van der Waals surface area contributed by atoms with Crippen LogP contribution in [-0.4, -0.2) is 16.8 Å². The fourth-order valence-electron chi connectivity index (χ4n) is 2.36. The number of anilines is 1. The number of carbonyl (C=O) groups is 1. The molecule has 1 saturated heterocycles. The molecule has 1 aliphatic rings. The van der Waals surface area contributed by atoms with Gasteiger partial charge in [-0.3, -0.25) is 9.69 Å². The number of ether oxygens (including phenoxy) is 1. The first kappa shape index (κ1) is 18.6. The van der Waals surface area contributed by atoms with Crippen molar-refractivity contribution in [1.82, 2.24) is 0 Å². The fourth-order valence-corrected chi connectivity index (χ4v) is 5.11. The van der Waals surface area contributed by atoms with Crippen molar-refractivity contribution in [3.05, 3.63) is 61.9 Å². The normalized spacial score (nSPS) is 16.0. The molecular weight excluding hydrogens is 486 g/mol. The number of thioether (sulfide) groups is 1. The average Bonchev–Trinajstić information content (AvgIpc) is 2.85. The molecule has 0 bridgehead atoms. The lowest BCUT2D eigenvalue weighted by molar-refractivity contribution is -0.113. The molecule has 0 spiro atoms. The van der Waals surface area contributed by atoms with Gasteiger partial charge in [0, 0.05) is 0 Å². The number of halogens is 2. The summed E-state index contributed by atoms with van der Waals surface area (Å²) in [5, 5.41) is 0. The van der Waals surface area contributed by atoms with Crippen LogP contribution in [0.4, 0.5) is 5.69 Å². The van der Waals surface area contributed by atoms with E-state index >= 15 is 0 Å². The van der Waals surface area contributed by atoms with Crippen molar-refractivity contribution in [2.75, 3.05) is 11.5 Å². The van der Waals surface area contributed by atoms with Crippen molar-refractivity contribution in [3.63, 3.8) is 0 Å². The summed E-state index contributed by atoms with van der Waals surface area (Å²) in [5.41, 5.74) is 1.67. The van der Waals surface area contributed by atoms with E-state index in [4.69, 9.17) is 17.0 Å². The summed E-state index contributed by atoms with van der Waals surface area (Å²) >= 11 is 13.7. The van der Waals surface area contributed by atoms with E-state index < -0.39 is 0 Å². The summed E-state index contributed by atoms with van der Waals surface area (Å²) in [7, 11) is 0. The number of carbonyl (C=O) groups excluding carboxylic acids is 1. The maximum absolute atomic E-state index is 12.8. The second-order valence-electron chi connectivity index (χ2n) is 5.10. The molecule has 1 aliphatic heterocycles. The number of rotatable bonds is 4. The Hall–Kier alpha value is -1.15. The largest absolute Gasteiger partial charge is 0.492 e. The number of benzene rings is 2. The molecule has 0 aliphatic carbocycles. The van der Waals surface area contributed by atoms with Crippen LogP contribution < -0.4 is 9.64 Å². The van der Waals surface area contributed by atoms with Crippen LogP contribution in [0.1, 0.15) is 12.5 Å². The molecule has 128 valence electrons. The minimum Gasteiger partial charge on any atom is -0.492 e. The molecular formula is C18H13Br2NO2S2. The molecule has 0 unspecified atom stereocenters. The number of thiocarbonyl (C=S) groups is 1.